The minimum absolute atomic E-state index is 0.0126. The Hall–Kier alpha value is -3.25. The summed E-state index contributed by atoms with van der Waals surface area (Å²) in [5.74, 6) is 1.57. The summed E-state index contributed by atoms with van der Waals surface area (Å²) in [5.41, 5.74) is 2.72. The van der Waals surface area contributed by atoms with Crippen molar-refractivity contribution < 1.29 is 14.0 Å². The van der Waals surface area contributed by atoms with E-state index in [-0.39, 0.29) is 23.7 Å². The molecule has 1 saturated heterocycles. The third-order valence-electron chi connectivity index (χ3n) is 6.95. The molecule has 2 heterocycles. The Balaban J connectivity index is 1.60. The number of rotatable bonds is 11. The molecule has 36 heavy (non-hydrogen) atoms. The first-order valence-electron chi connectivity index (χ1n) is 13.1. The molecule has 1 aliphatic rings. The average Bonchev–Trinajstić information content (AvgIpc) is 3.34. The van der Waals surface area contributed by atoms with Gasteiger partial charge in [-0.2, -0.15) is 0 Å². The second-order valence-corrected chi connectivity index (χ2v) is 9.90. The summed E-state index contributed by atoms with van der Waals surface area (Å²) in [5, 5.41) is 3.28. The van der Waals surface area contributed by atoms with E-state index in [0.717, 1.165) is 68.4 Å². The molecule has 0 unspecified atom stereocenters. The summed E-state index contributed by atoms with van der Waals surface area (Å²) in [7, 11) is 2.10. The van der Waals surface area contributed by atoms with E-state index in [1.54, 1.807) is 6.92 Å². The number of nitrogens with one attached hydrogen (secondary N) is 1. The second kappa shape index (κ2) is 12.6. The lowest BCUT2D eigenvalue weighted by Crippen LogP contribution is -2.40. The van der Waals surface area contributed by atoms with E-state index in [2.05, 4.69) is 17.3 Å². The highest BCUT2D eigenvalue weighted by atomic mass is 16.4. The van der Waals surface area contributed by atoms with Gasteiger partial charge in [0.25, 0.3) is 0 Å². The van der Waals surface area contributed by atoms with Gasteiger partial charge in [-0.25, -0.2) is 4.98 Å². The minimum Gasteiger partial charge on any atom is -0.438 e. The molecule has 4 rings (SSSR count). The van der Waals surface area contributed by atoms with E-state index in [1.165, 1.54) is 0 Å². The maximum absolute atomic E-state index is 13.3. The van der Waals surface area contributed by atoms with Crippen LogP contribution in [-0.4, -0.2) is 41.7 Å². The van der Waals surface area contributed by atoms with Crippen molar-refractivity contribution in [3.8, 4) is 22.6 Å². The molecule has 6 nitrogen and oxygen atoms in total. The number of carbonyl (C=O) groups is 2. The molecule has 0 aliphatic carbocycles. The first kappa shape index (κ1) is 25.8. The molecule has 2 aromatic carbocycles. The molecular formula is C30H37N3O3. The van der Waals surface area contributed by atoms with Crippen LogP contribution in [0.5, 0.6) is 0 Å². The van der Waals surface area contributed by atoms with Crippen LogP contribution in [-0.2, 0) is 9.59 Å². The van der Waals surface area contributed by atoms with Gasteiger partial charge in [0, 0.05) is 23.5 Å². The zero-order valence-electron chi connectivity index (χ0n) is 21.4. The number of Topliss-reactive ketones (excluding diaryl/α,β-unsaturated/α-hetero) is 1. The third-order valence-corrected chi connectivity index (χ3v) is 6.95. The number of benzene rings is 2. The summed E-state index contributed by atoms with van der Waals surface area (Å²) in [6.45, 7) is 3.50. The number of hydrogen-bond donors (Lipinski definition) is 1. The van der Waals surface area contributed by atoms with Gasteiger partial charge in [-0.3, -0.25) is 4.79 Å². The first-order chi connectivity index (χ1) is 17.5. The van der Waals surface area contributed by atoms with E-state index >= 15 is 0 Å². The molecule has 1 aliphatic heterocycles. The fraction of sp³-hybridized carbons (Fsp3) is 0.433. The molecule has 0 spiro atoms. The number of oxazole rings is 1. The minimum atomic E-state index is -0.311. The molecule has 0 radical (unpaired) electrons. The van der Waals surface area contributed by atoms with Crippen molar-refractivity contribution >= 4 is 11.7 Å². The van der Waals surface area contributed by atoms with Crippen LogP contribution in [0.3, 0.4) is 0 Å². The molecule has 1 aromatic heterocycles. The maximum atomic E-state index is 13.3. The highest BCUT2D eigenvalue weighted by Gasteiger charge is 2.29. The lowest BCUT2D eigenvalue weighted by Gasteiger charge is -2.29. The second-order valence-electron chi connectivity index (χ2n) is 9.90. The summed E-state index contributed by atoms with van der Waals surface area (Å²) in [6.07, 6.45) is 5.73. The van der Waals surface area contributed by atoms with E-state index < -0.39 is 0 Å². The van der Waals surface area contributed by atoms with Crippen LogP contribution in [0.4, 0.5) is 0 Å². The van der Waals surface area contributed by atoms with Crippen LogP contribution >= 0.6 is 0 Å². The highest BCUT2D eigenvalue weighted by molar-refractivity contribution is 5.80. The number of piperidine rings is 1. The standard InChI is InChI=1S/C30H37N3O3/c1-22(34)12-6-3-11-17-26(31-29(35)25-18-20-33(2)21-19-25)30-32-27(23-13-7-4-8-14-23)28(36-30)24-15-9-5-10-16-24/h4-5,7-10,13-16,25-26H,3,6,11-12,17-21H2,1-2H3,(H,31,35)/t26-/m0/s1. The lowest BCUT2D eigenvalue weighted by atomic mass is 9.95. The van der Waals surface area contributed by atoms with E-state index in [9.17, 15) is 9.59 Å². The van der Waals surface area contributed by atoms with Crippen molar-refractivity contribution in [2.75, 3.05) is 20.1 Å². The van der Waals surface area contributed by atoms with Crippen LogP contribution < -0.4 is 5.32 Å². The number of nitrogens with zero attached hydrogens (tertiary/aromatic N) is 2. The van der Waals surface area contributed by atoms with Crippen LogP contribution in [0.2, 0.25) is 0 Å². The van der Waals surface area contributed by atoms with Crippen LogP contribution in [0, 0.1) is 5.92 Å². The zero-order chi connectivity index (χ0) is 25.3. The maximum Gasteiger partial charge on any atom is 0.223 e. The van der Waals surface area contributed by atoms with Crippen LogP contribution in [0.15, 0.2) is 65.1 Å². The fourth-order valence-electron chi connectivity index (χ4n) is 4.78. The normalized spacial score (nSPS) is 15.5. The Bertz CT molecular complexity index is 1060. The van der Waals surface area contributed by atoms with Crippen molar-refractivity contribution in [3.05, 3.63) is 66.6 Å². The smallest absolute Gasteiger partial charge is 0.223 e. The van der Waals surface area contributed by atoms with E-state index in [0.29, 0.717) is 18.1 Å². The van der Waals surface area contributed by atoms with E-state index in [1.807, 2.05) is 60.7 Å². The quantitative estimate of drug-likeness (QED) is 0.333. The fourth-order valence-corrected chi connectivity index (χ4v) is 4.78. The summed E-state index contributed by atoms with van der Waals surface area (Å²) >= 11 is 0. The van der Waals surface area contributed by atoms with Gasteiger partial charge in [-0.15, -0.1) is 0 Å². The van der Waals surface area contributed by atoms with Crippen LogP contribution in [0.25, 0.3) is 22.6 Å². The molecule has 1 amide bonds. The SMILES string of the molecule is CC(=O)CCCCC[C@H](NC(=O)C1CCN(C)CC1)c1nc(-c2ccccc2)c(-c2ccccc2)o1. The lowest BCUT2D eigenvalue weighted by molar-refractivity contribution is -0.127. The van der Waals surface area contributed by atoms with Gasteiger partial charge in [0.05, 0.1) is 0 Å². The number of ketones is 1. The number of amides is 1. The van der Waals surface area contributed by atoms with Gasteiger partial charge in [0.15, 0.2) is 5.76 Å². The first-order valence-corrected chi connectivity index (χ1v) is 13.1. The molecule has 0 saturated carbocycles. The predicted molar refractivity (Wildman–Crippen MR) is 142 cm³/mol. The summed E-state index contributed by atoms with van der Waals surface area (Å²) in [6, 6.07) is 19.7. The molecule has 6 heteroatoms. The third kappa shape index (κ3) is 6.91. The zero-order valence-corrected chi connectivity index (χ0v) is 21.4. The van der Waals surface area contributed by atoms with Crippen molar-refractivity contribution in [2.24, 2.45) is 5.92 Å². The molecule has 190 valence electrons. The number of likely N-dealkylation sites (tertiary alicyclic amines) is 1. The topological polar surface area (TPSA) is 75.4 Å². The Morgan fingerprint density at radius 2 is 1.61 bits per heavy atom. The van der Waals surface area contributed by atoms with Gasteiger partial charge in [0.1, 0.15) is 17.5 Å². The van der Waals surface area contributed by atoms with Crippen LogP contribution in [0.1, 0.15) is 63.8 Å². The molecule has 1 N–H and O–H groups in total. The number of hydrogen-bond acceptors (Lipinski definition) is 5. The highest BCUT2D eigenvalue weighted by Crippen LogP contribution is 2.35. The van der Waals surface area contributed by atoms with Gasteiger partial charge >= 0.3 is 0 Å². The Kier molecular flexibility index (Phi) is 9.06. The van der Waals surface area contributed by atoms with Gasteiger partial charge in [-0.05, 0) is 52.7 Å². The monoisotopic (exact) mass is 487 g/mol. The number of carbonyl (C=O) groups excluding carboxylic acids is 2. The van der Waals surface area contributed by atoms with Crippen molar-refractivity contribution in [3.63, 3.8) is 0 Å². The van der Waals surface area contributed by atoms with Gasteiger partial charge in [0.2, 0.25) is 11.8 Å². The van der Waals surface area contributed by atoms with E-state index in [4.69, 9.17) is 9.40 Å². The Morgan fingerprint density at radius 3 is 2.25 bits per heavy atom. The van der Waals surface area contributed by atoms with Crippen molar-refractivity contribution in [2.45, 2.75) is 57.9 Å². The number of aromatic nitrogens is 1. The number of unbranched alkanes of at least 4 members (excludes halogenated alkanes) is 2. The Morgan fingerprint density at radius 1 is 0.972 bits per heavy atom. The largest absolute Gasteiger partial charge is 0.438 e. The molecule has 1 fully saturated rings. The van der Waals surface area contributed by atoms with Crippen molar-refractivity contribution in [1.82, 2.24) is 15.2 Å². The van der Waals surface area contributed by atoms with Gasteiger partial charge in [-0.1, -0.05) is 73.5 Å². The molecular weight excluding hydrogens is 450 g/mol. The molecule has 3 aromatic rings. The Labute approximate surface area is 214 Å². The van der Waals surface area contributed by atoms with Gasteiger partial charge < -0.3 is 19.4 Å². The predicted octanol–water partition coefficient (Wildman–Crippen LogP) is 6.05. The molecule has 0 bridgehead atoms. The average molecular weight is 488 g/mol. The van der Waals surface area contributed by atoms with Crippen molar-refractivity contribution in [1.29, 1.82) is 0 Å². The summed E-state index contributed by atoms with van der Waals surface area (Å²) in [4.78, 5) is 31.8. The summed E-state index contributed by atoms with van der Waals surface area (Å²) < 4.78 is 6.43. The molecule has 1 atom stereocenters.